The van der Waals surface area contributed by atoms with Gasteiger partial charge in [-0.3, -0.25) is 0 Å². The summed E-state index contributed by atoms with van der Waals surface area (Å²) in [6.07, 6.45) is 1.28. The van der Waals surface area contributed by atoms with Gasteiger partial charge in [-0.15, -0.1) is 10.2 Å². The number of hydrogen-bond donors (Lipinski definition) is 2. The van der Waals surface area contributed by atoms with Gasteiger partial charge in [0.1, 0.15) is 5.60 Å². The van der Waals surface area contributed by atoms with Gasteiger partial charge in [0, 0.05) is 6.04 Å². The van der Waals surface area contributed by atoms with E-state index in [4.69, 9.17) is 0 Å². The molecule has 0 saturated carbocycles. The third kappa shape index (κ3) is 1.62. The van der Waals surface area contributed by atoms with E-state index in [1.165, 1.54) is 4.80 Å². The third-order valence-corrected chi connectivity index (χ3v) is 2.60. The summed E-state index contributed by atoms with van der Waals surface area (Å²) in [5.41, 5.74) is -0.904. The lowest BCUT2D eigenvalue weighted by Gasteiger charge is -2.33. The van der Waals surface area contributed by atoms with Crippen LogP contribution in [-0.4, -0.2) is 37.9 Å². The number of aliphatic hydroxyl groups is 1. The van der Waals surface area contributed by atoms with Gasteiger partial charge in [0.25, 0.3) is 0 Å². The molecule has 78 valence electrons. The summed E-state index contributed by atoms with van der Waals surface area (Å²) in [5.74, 6) is 0.438. The number of hydrogen-bond acceptors (Lipinski definition) is 5. The van der Waals surface area contributed by atoms with Crippen LogP contribution in [0.5, 0.6) is 0 Å². The molecule has 0 aromatic carbocycles. The van der Waals surface area contributed by atoms with Crippen molar-refractivity contribution < 1.29 is 5.11 Å². The summed E-state index contributed by atoms with van der Waals surface area (Å²) in [4.78, 5) is 1.38. The highest BCUT2D eigenvalue weighted by Gasteiger charge is 2.38. The zero-order valence-corrected chi connectivity index (χ0v) is 8.43. The summed E-state index contributed by atoms with van der Waals surface area (Å²) in [7, 11) is 1.70. The van der Waals surface area contributed by atoms with Gasteiger partial charge in [0.2, 0.25) is 5.82 Å². The monoisotopic (exact) mass is 197 g/mol. The number of aryl methyl sites for hydroxylation is 1. The van der Waals surface area contributed by atoms with E-state index < -0.39 is 5.60 Å². The molecule has 14 heavy (non-hydrogen) atoms. The summed E-state index contributed by atoms with van der Waals surface area (Å²) in [6.45, 7) is 2.83. The summed E-state index contributed by atoms with van der Waals surface area (Å²) >= 11 is 0. The van der Waals surface area contributed by atoms with Crippen molar-refractivity contribution in [2.75, 3.05) is 6.54 Å². The van der Waals surface area contributed by atoms with Crippen molar-refractivity contribution in [1.29, 1.82) is 0 Å². The highest BCUT2D eigenvalue weighted by atomic mass is 16.3. The van der Waals surface area contributed by atoms with Crippen LogP contribution in [0.2, 0.25) is 0 Å². The molecule has 1 aliphatic heterocycles. The minimum Gasteiger partial charge on any atom is -0.382 e. The summed E-state index contributed by atoms with van der Waals surface area (Å²) in [6, 6.07) is 0.289. The summed E-state index contributed by atoms with van der Waals surface area (Å²) < 4.78 is 0. The van der Waals surface area contributed by atoms with Crippen LogP contribution in [0.25, 0.3) is 0 Å². The molecule has 6 heteroatoms. The van der Waals surface area contributed by atoms with Gasteiger partial charge in [-0.25, -0.2) is 0 Å². The van der Waals surface area contributed by atoms with Gasteiger partial charge in [0.15, 0.2) is 0 Å². The Morgan fingerprint density at radius 2 is 2.43 bits per heavy atom. The second-order valence-corrected chi connectivity index (χ2v) is 3.94. The van der Waals surface area contributed by atoms with Gasteiger partial charge >= 0.3 is 0 Å². The van der Waals surface area contributed by atoms with Crippen molar-refractivity contribution >= 4 is 0 Å². The van der Waals surface area contributed by atoms with Gasteiger partial charge in [-0.05, 0) is 31.5 Å². The maximum absolute atomic E-state index is 10.3. The maximum Gasteiger partial charge on any atom is 0.206 e. The first-order chi connectivity index (χ1) is 6.60. The molecule has 1 aromatic heterocycles. The minimum absolute atomic E-state index is 0.289. The predicted molar refractivity (Wildman–Crippen MR) is 49.4 cm³/mol. The molecule has 1 aliphatic rings. The van der Waals surface area contributed by atoms with Crippen molar-refractivity contribution in [1.82, 2.24) is 25.5 Å². The van der Waals surface area contributed by atoms with Gasteiger partial charge < -0.3 is 10.4 Å². The van der Waals surface area contributed by atoms with E-state index in [1.54, 1.807) is 7.05 Å². The van der Waals surface area contributed by atoms with Crippen molar-refractivity contribution in [3.8, 4) is 0 Å². The first kappa shape index (κ1) is 9.54. The number of tetrazole rings is 1. The van der Waals surface area contributed by atoms with E-state index in [1.807, 2.05) is 6.92 Å². The first-order valence-electron chi connectivity index (χ1n) is 4.80. The second kappa shape index (κ2) is 3.29. The van der Waals surface area contributed by atoms with E-state index in [9.17, 15) is 5.11 Å². The van der Waals surface area contributed by atoms with E-state index in [-0.39, 0.29) is 6.04 Å². The Morgan fingerprint density at radius 3 is 3.00 bits per heavy atom. The van der Waals surface area contributed by atoms with Gasteiger partial charge in [-0.2, -0.15) is 4.80 Å². The highest BCUT2D eigenvalue weighted by Crippen LogP contribution is 2.29. The van der Waals surface area contributed by atoms with E-state index in [0.29, 0.717) is 18.7 Å². The molecule has 0 aliphatic carbocycles. The summed E-state index contributed by atoms with van der Waals surface area (Å²) in [5, 5.41) is 25.2. The molecule has 2 heterocycles. The molecule has 2 atom stereocenters. The molecule has 1 saturated heterocycles. The standard InChI is InChI=1S/C8H15N5O/c1-6-5-8(14,3-4-9-6)7-10-12-13(2)11-7/h6,9,14H,3-5H2,1-2H3. The number of piperidine rings is 1. The van der Waals surface area contributed by atoms with Crippen LogP contribution in [0.1, 0.15) is 25.6 Å². The molecule has 2 N–H and O–H groups in total. The van der Waals surface area contributed by atoms with Gasteiger partial charge in [-0.1, -0.05) is 0 Å². The lowest BCUT2D eigenvalue weighted by atomic mass is 9.88. The van der Waals surface area contributed by atoms with Crippen molar-refractivity contribution in [2.24, 2.45) is 7.05 Å². The minimum atomic E-state index is -0.904. The van der Waals surface area contributed by atoms with Crippen LogP contribution < -0.4 is 5.32 Å². The first-order valence-corrected chi connectivity index (χ1v) is 4.80. The van der Waals surface area contributed by atoms with Crippen molar-refractivity contribution in [3.05, 3.63) is 5.82 Å². The molecule has 2 rings (SSSR count). The smallest absolute Gasteiger partial charge is 0.206 e. The number of nitrogens with zero attached hydrogens (tertiary/aromatic N) is 4. The molecule has 2 unspecified atom stereocenters. The Balaban J connectivity index is 2.22. The van der Waals surface area contributed by atoms with Crippen LogP contribution in [0.15, 0.2) is 0 Å². The van der Waals surface area contributed by atoms with Crippen LogP contribution >= 0.6 is 0 Å². The fourth-order valence-electron chi connectivity index (χ4n) is 1.88. The van der Waals surface area contributed by atoms with Crippen LogP contribution in [0.3, 0.4) is 0 Å². The van der Waals surface area contributed by atoms with E-state index in [2.05, 4.69) is 20.7 Å². The quantitative estimate of drug-likeness (QED) is 0.614. The van der Waals surface area contributed by atoms with Crippen LogP contribution in [0, 0.1) is 0 Å². The molecule has 0 amide bonds. The van der Waals surface area contributed by atoms with E-state index >= 15 is 0 Å². The SMILES string of the molecule is CC1CC(O)(c2nnn(C)n2)CCN1. The van der Waals surface area contributed by atoms with Crippen molar-refractivity contribution in [2.45, 2.75) is 31.4 Å². The lowest BCUT2D eigenvalue weighted by Crippen LogP contribution is -2.45. The lowest BCUT2D eigenvalue weighted by molar-refractivity contribution is -0.0147. The molecular formula is C8H15N5O. The molecular weight excluding hydrogens is 182 g/mol. The number of nitrogens with one attached hydrogen (secondary N) is 1. The zero-order chi connectivity index (χ0) is 10.2. The topological polar surface area (TPSA) is 75.9 Å². The zero-order valence-electron chi connectivity index (χ0n) is 8.43. The number of rotatable bonds is 1. The van der Waals surface area contributed by atoms with E-state index in [0.717, 1.165) is 6.54 Å². The van der Waals surface area contributed by atoms with Crippen LogP contribution in [-0.2, 0) is 12.6 Å². The average Bonchev–Trinajstić information content (AvgIpc) is 2.52. The average molecular weight is 197 g/mol. The normalized spacial score (nSPS) is 33.2. The van der Waals surface area contributed by atoms with Crippen LogP contribution in [0.4, 0.5) is 0 Å². The fourth-order valence-corrected chi connectivity index (χ4v) is 1.88. The van der Waals surface area contributed by atoms with Gasteiger partial charge in [0.05, 0.1) is 7.05 Å². The third-order valence-electron chi connectivity index (χ3n) is 2.60. The predicted octanol–water partition coefficient (Wildman–Crippen LogP) is -0.830. The molecule has 0 spiro atoms. The fraction of sp³-hybridized carbons (Fsp3) is 0.875. The highest BCUT2D eigenvalue weighted by molar-refractivity contribution is 5.01. The largest absolute Gasteiger partial charge is 0.382 e. The molecule has 1 fully saturated rings. The molecule has 0 radical (unpaired) electrons. The molecule has 0 bridgehead atoms. The Kier molecular flexibility index (Phi) is 2.24. The van der Waals surface area contributed by atoms with Crippen molar-refractivity contribution in [3.63, 3.8) is 0 Å². The maximum atomic E-state index is 10.3. The molecule has 1 aromatic rings. The Morgan fingerprint density at radius 1 is 1.64 bits per heavy atom. The molecule has 6 nitrogen and oxygen atoms in total. The Hall–Kier alpha value is -1.01. The Labute approximate surface area is 82.3 Å². The number of aromatic nitrogens is 4. The second-order valence-electron chi connectivity index (χ2n) is 3.94. The Bertz CT molecular complexity index is 325.